The van der Waals surface area contributed by atoms with E-state index in [1.807, 2.05) is 0 Å². The van der Waals surface area contributed by atoms with Crippen molar-refractivity contribution in [3.05, 3.63) is 34.9 Å². The third-order valence-corrected chi connectivity index (χ3v) is 4.43. The van der Waals surface area contributed by atoms with Gasteiger partial charge in [0.2, 0.25) is 0 Å². The fourth-order valence-electron chi connectivity index (χ4n) is 3.47. The van der Waals surface area contributed by atoms with E-state index >= 15 is 0 Å². The first-order valence-electron chi connectivity index (χ1n) is 7.68. The van der Waals surface area contributed by atoms with Crippen molar-refractivity contribution in [3.63, 3.8) is 0 Å². The molecule has 1 aromatic rings. The van der Waals surface area contributed by atoms with Crippen LogP contribution in [-0.4, -0.2) is 24.5 Å². The predicted octanol–water partition coefficient (Wildman–Crippen LogP) is 3.43. The van der Waals surface area contributed by atoms with Gasteiger partial charge in [-0.2, -0.15) is 0 Å². The lowest BCUT2D eigenvalue weighted by atomic mass is 9.82. The lowest BCUT2D eigenvalue weighted by Crippen LogP contribution is -2.42. The molecule has 2 nitrogen and oxygen atoms in total. The standard InChI is InChI=1S/C17H28N2/c1-4-9-19-10-5-6-15(12-18)17(19)16-11-13(2)7-8-14(16)3/h7-8,11,15,17H,4-6,9-10,12,18H2,1-3H3. The Labute approximate surface area is 118 Å². The van der Waals surface area contributed by atoms with E-state index in [0.717, 1.165) is 6.54 Å². The monoisotopic (exact) mass is 260 g/mol. The van der Waals surface area contributed by atoms with Crippen molar-refractivity contribution < 1.29 is 0 Å². The number of hydrogen-bond acceptors (Lipinski definition) is 2. The molecule has 2 heteroatoms. The van der Waals surface area contributed by atoms with Crippen LogP contribution in [0.15, 0.2) is 18.2 Å². The molecule has 1 aliphatic rings. The highest BCUT2D eigenvalue weighted by Gasteiger charge is 2.32. The second-order valence-corrected chi connectivity index (χ2v) is 5.98. The summed E-state index contributed by atoms with van der Waals surface area (Å²) in [7, 11) is 0. The molecule has 1 saturated heterocycles. The first-order chi connectivity index (χ1) is 9.17. The Balaban J connectivity index is 2.36. The number of rotatable bonds is 4. The minimum Gasteiger partial charge on any atom is -0.330 e. The zero-order valence-corrected chi connectivity index (χ0v) is 12.7. The predicted molar refractivity (Wildman–Crippen MR) is 82.3 cm³/mol. The number of piperidine rings is 1. The van der Waals surface area contributed by atoms with Crippen LogP contribution in [0.1, 0.15) is 48.9 Å². The molecule has 19 heavy (non-hydrogen) atoms. The Morgan fingerprint density at radius 1 is 1.32 bits per heavy atom. The van der Waals surface area contributed by atoms with Crippen molar-refractivity contribution in [3.8, 4) is 0 Å². The van der Waals surface area contributed by atoms with Crippen molar-refractivity contribution in [2.24, 2.45) is 11.7 Å². The maximum atomic E-state index is 6.05. The molecule has 0 saturated carbocycles. The van der Waals surface area contributed by atoms with Crippen LogP contribution in [0.2, 0.25) is 0 Å². The van der Waals surface area contributed by atoms with Crippen LogP contribution in [-0.2, 0) is 0 Å². The summed E-state index contributed by atoms with van der Waals surface area (Å²) in [6, 6.07) is 7.37. The van der Waals surface area contributed by atoms with E-state index in [2.05, 4.69) is 43.9 Å². The van der Waals surface area contributed by atoms with Crippen LogP contribution in [0.25, 0.3) is 0 Å². The summed E-state index contributed by atoms with van der Waals surface area (Å²) in [6.07, 6.45) is 3.79. The van der Waals surface area contributed by atoms with Crippen LogP contribution >= 0.6 is 0 Å². The molecule has 0 radical (unpaired) electrons. The van der Waals surface area contributed by atoms with Crippen LogP contribution in [0.4, 0.5) is 0 Å². The molecular formula is C17H28N2. The molecule has 0 amide bonds. The van der Waals surface area contributed by atoms with Gasteiger partial charge in [0.15, 0.2) is 0 Å². The number of benzene rings is 1. The molecule has 2 rings (SSSR count). The SMILES string of the molecule is CCCN1CCCC(CN)C1c1cc(C)ccc1C. The quantitative estimate of drug-likeness (QED) is 0.898. The van der Waals surface area contributed by atoms with Crippen molar-refractivity contribution in [2.45, 2.75) is 46.1 Å². The van der Waals surface area contributed by atoms with Gasteiger partial charge in [0.1, 0.15) is 0 Å². The van der Waals surface area contributed by atoms with Gasteiger partial charge >= 0.3 is 0 Å². The van der Waals surface area contributed by atoms with Crippen LogP contribution < -0.4 is 5.73 Å². The van der Waals surface area contributed by atoms with Gasteiger partial charge in [0.25, 0.3) is 0 Å². The Morgan fingerprint density at radius 3 is 2.79 bits per heavy atom. The molecule has 0 aromatic heterocycles. The van der Waals surface area contributed by atoms with E-state index in [1.54, 1.807) is 0 Å². The Bertz CT molecular complexity index is 412. The highest BCUT2D eigenvalue weighted by Crippen LogP contribution is 2.37. The lowest BCUT2D eigenvalue weighted by molar-refractivity contribution is 0.0955. The third-order valence-electron chi connectivity index (χ3n) is 4.43. The minimum absolute atomic E-state index is 0.526. The van der Waals surface area contributed by atoms with Crippen LogP contribution in [0.5, 0.6) is 0 Å². The summed E-state index contributed by atoms with van der Waals surface area (Å²) in [6.45, 7) is 9.91. The van der Waals surface area contributed by atoms with Gasteiger partial charge in [-0.05, 0) is 69.8 Å². The maximum Gasteiger partial charge on any atom is 0.0391 e. The molecule has 1 heterocycles. The molecule has 1 fully saturated rings. The van der Waals surface area contributed by atoms with Gasteiger partial charge in [-0.1, -0.05) is 30.7 Å². The average molecular weight is 260 g/mol. The first kappa shape index (κ1) is 14.5. The number of nitrogens with zero attached hydrogens (tertiary/aromatic N) is 1. The van der Waals surface area contributed by atoms with Gasteiger partial charge in [-0.25, -0.2) is 0 Å². The molecule has 0 bridgehead atoms. The molecular weight excluding hydrogens is 232 g/mol. The van der Waals surface area contributed by atoms with E-state index in [9.17, 15) is 0 Å². The van der Waals surface area contributed by atoms with E-state index in [4.69, 9.17) is 5.73 Å². The molecule has 0 aliphatic carbocycles. The van der Waals surface area contributed by atoms with E-state index in [1.165, 1.54) is 49.0 Å². The smallest absolute Gasteiger partial charge is 0.0391 e. The minimum atomic E-state index is 0.526. The normalized spacial score (nSPS) is 24.6. The van der Waals surface area contributed by atoms with Gasteiger partial charge in [0.05, 0.1) is 0 Å². The fourth-order valence-corrected chi connectivity index (χ4v) is 3.47. The Kier molecular flexibility index (Phi) is 5.00. The van der Waals surface area contributed by atoms with Crippen LogP contribution in [0, 0.1) is 19.8 Å². The first-order valence-corrected chi connectivity index (χ1v) is 7.68. The van der Waals surface area contributed by atoms with E-state index in [-0.39, 0.29) is 0 Å². The summed E-state index contributed by atoms with van der Waals surface area (Å²) in [4.78, 5) is 2.66. The topological polar surface area (TPSA) is 29.3 Å². The number of nitrogens with two attached hydrogens (primary N) is 1. The summed E-state index contributed by atoms with van der Waals surface area (Å²) in [5.74, 6) is 0.612. The summed E-state index contributed by atoms with van der Waals surface area (Å²) >= 11 is 0. The number of hydrogen-bond donors (Lipinski definition) is 1. The van der Waals surface area contributed by atoms with Gasteiger partial charge in [0, 0.05) is 6.04 Å². The maximum absolute atomic E-state index is 6.05. The summed E-state index contributed by atoms with van der Waals surface area (Å²) in [5, 5.41) is 0. The largest absolute Gasteiger partial charge is 0.330 e. The lowest BCUT2D eigenvalue weighted by Gasteiger charge is -2.42. The van der Waals surface area contributed by atoms with Crippen molar-refractivity contribution in [2.75, 3.05) is 19.6 Å². The number of likely N-dealkylation sites (tertiary alicyclic amines) is 1. The average Bonchev–Trinajstić information content (AvgIpc) is 2.42. The third kappa shape index (κ3) is 3.18. The Morgan fingerprint density at radius 2 is 2.11 bits per heavy atom. The molecule has 1 aliphatic heterocycles. The van der Waals surface area contributed by atoms with Gasteiger partial charge in [-0.15, -0.1) is 0 Å². The van der Waals surface area contributed by atoms with E-state index < -0.39 is 0 Å². The summed E-state index contributed by atoms with van der Waals surface area (Å²) < 4.78 is 0. The molecule has 0 spiro atoms. The second-order valence-electron chi connectivity index (χ2n) is 5.98. The second kappa shape index (κ2) is 6.53. The zero-order chi connectivity index (χ0) is 13.8. The molecule has 1 aromatic carbocycles. The molecule has 2 atom stereocenters. The Hall–Kier alpha value is -0.860. The fraction of sp³-hybridized carbons (Fsp3) is 0.647. The molecule has 2 unspecified atom stereocenters. The summed E-state index contributed by atoms with van der Waals surface area (Å²) in [5.41, 5.74) is 10.3. The molecule has 106 valence electrons. The highest BCUT2D eigenvalue weighted by molar-refractivity contribution is 5.34. The van der Waals surface area contributed by atoms with E-state index in [0.29, 0.717) is 12.0 Å². The van der Waals surface area contributed by atoms with Crippen molar-refractivity contribution >= 4 is 0 Å². The van der Waals surface area contributed by atoms with Gasteiger partial charge < -0.3 is 5.73 Å². The molecule has 2 N–H and O–H groups in total. The van der Waals surface area contributed by atoms with Crippen LogP contribution in [0.3, 0.4) is 0 Å². The van der Waals surface area contributed by atoms with Gasteiger partial charge in [-0.3, -0.25) is 4.90 Å². The number of aryl methyl sites for hydroxylation is 2. The van der Waals surface area contributed by atoms with Crippen molar-refractivity contribution in [1.29, 1.82) is 0 Å². The van der Waals surface area contributed by atoms with Crippen molar-refractivity contribution in [1.82, 2.24) is 4.90 Å². The highest BCUT2D eigenvalue weighted by atomic mass is 15.2. The zero-order valence-electron chi connectivity index (χ0n) is 12.7.